The lowest BCUT2D eigenvalue weighted by molar-refractivity contribution is 0.0768. The van der Waals surface area contributed by atoms with Gasteiger partial charge in [-0.25, -0.2) is 7.85 Å². The minimum Gasteiger partial charge on any atom is -0.268 e. The monoisotopic (exact) mass is 945 g/mol. The molecule has 4 rings (SSSR count). The molecule has 0 bridgehead atoms. The van der Waals surface area contributed by atoms with Crippen LogP contribution in [0.1, 0.15) is 41.4 Å². The van der Waals surface area contributed by atoms with Gasteiger partial charge in [0.05, 0.1) is 54.5 Å². The second-order valence-corrected chi connectivity index (χ2v) is 11.9. The van der Waals surface area contributed by atoms with Gasteiger partial charge in [-0.1, -0.05) is 0 Å². The van der Waals surface area contributed by atoms with Crippen LogP contribution in [0.3, 0.4) is 0 Å². The number of nitrogens with zero attached hydrogens (tertiary/aromatic N) is 2. The van der Waals surface area contributed by atoms with Crippen molar-refractivity contribution in [2.75, 3.05) is 0 Å². The molecule has 0 fully saturated rings. The summed E-state index contributed by atoms with van der Waals surface area (Å²) in [5.74, 6) is -1.45. The van der Waals surface area contributed by atoms with Crippen molar-refractivity contribution in [3.05, 3.63) is 74.4 Å². The Morgan fingerprint density at radius 3 is 1.09 bits per heavy atom. The molecule has 0 spiro atoms. The summed E-state index contributed by atoms with van der Waals surface area (Å²) in [6.45, 7) is 6.00. The highest BCUT2D eigenvalue weighted by molar-refractivity contribution is 9.15. The molecule has 2 heterocycles. The molecule has 0 saturated heterocycles. The number of halogens is 8. The van der Waals surface area contributed by atoms with E-state index in [-0.39, 0.29) is 23.6 Å². The smallest absolute Gasteiger partial charge is 0.268 e. The van der Waals surface area contributed by atoms with Gasteiger partial charge >= 0.3 is 0 Å². The van der Waals surface area contributed by atoms with E-state index in [9.17, 15) is 19.2 Å². The van der Waals surface area contributed by atoms with Gasteiger partial charge in [-0.3, -0.25) is 19.2 Å². The molecule has 0 radical (unpaired) electrons. The molecule has 0 saturated carbocycles. The molecule has 2 aromatic carbocycles. The highest BCUT2D eigenvalue weighted by atomic mass is 79.9. The van der Waals surface area contributed by atoms with Crippen LogP contribution in [-0.2, 0) is 0 Å². The molecule has 14 heteroatoms. The van der Waals surface area contributed by atoms with Gasteiger partial charge in [-0.05, 0) is 108 Å². The predicted octanol–water partition coefficient (Wildman–Crippen LogP) is 8.56. The van der Waals surface area contributed by atoms with Crippen LogP contribution in [0.5, 0.6) is 0 Å². The van der Waals surface area contributed by atoms with E-state index in [0.29, 0.717) is 40.1 Å². The van der Waals surface area contributed by atoms with Crippen LogP contribution in [0.15, 0.2) is 52.1 Å². The number of amides is 4. The number of benzene rings is 2. The Morgan fingerprint density at radius 1 is 0.531 bits per heavy atom. The van der Waals surface area contributed by atoms with E-state index in [1.165, 1.54) is 0 Å². The normalized spacial score (nSPS) is 14.0. The summed E-state index contributed by atoms with van der Waals surface area (Å²) in [6, 6.07) is 3.23. The minimum absolute atomic E-state index is 0.357. The molecule has 0 atom stereocenters. The van der Waals surface area contributed by atoms with Gasteiger partial charge in [0.1, 0.15) is 0 Å². The number of fused-ring (bicyclic) bond motifs is 2. The molecule has 4 amide bonds. The summed E-state index contributed by atoms with van der Waals surface area (Å²) in [7, 11) is 0. The van der Waals surface area contributed by atoms with E-state index in [2.05, 4.69) is 141 Å². The quantitative estimate of drug-likeness (QED) is 0.115. The van der Waals surface area contributed by atoms with Gasteiger partial charge in [0, 0.05) is 26.8 Å². The summed E-state index contributed by atoms with van der Waals surface area (Å²) in [5.41, 5.74) is 1.48. The summed E-state index contributed by atoms with van der Waals surface area (Å²) in [5, 5.41) is 0. The highest BCUT2D eigenvalue weighted by Crippen LogP contribution is 2.41. The first-order valence-corrected chi connectivity index (χ1v) is 14.0. The van der Waals surface area contributed by atoms with Crippen molar-refractivity contribution in [1.82, 2.24) is 7.85 Å². The van der Waals surface area contributed by atoms with Gasteiger partial charge in [-0.2, -0.15) is 0 Å². The molecule has 2 aliphatic heterocycles. The zero-order valence-electron chi connectivity index (χ0n) is 15.1. The zero-order chi connectivity index (χ0) is 24.7. The van der Waals surface area contributed by atoms with Crippen LogP contribution in [-0.4, -0.2) is 31.5 Å². The van der Waals surface area contributed by atoms with E-state index in [4.69, 9.17) is 0 Å². The third kappa shape index (κ3) is 4.98. The van der Waals surface area contributed by atoms with Crippen LogP contribution in [0.25, 0.3) is 0 Å². The van der Waals surface area contributed by atoms with Crippen LogP contribution < -0.4 is 0 Å². The van der Waals surface area contributed by atoms with Crippen molar-refractivity contribution in [3.8, 4) is 0 Å². The Hall–Kier alpha value is 0.300. The highest BCUT2D eigenvalue weighted by Gasteiger charge is 2.38. The lowest BCUT2D eigenvalue weighted by Gasteiger charge is -2.03. The van der Waals surface area contributed by atoms with E-state index in [1.807, 2.05) is 0 Å². The molecule has 0 N–H and O–H groups in total. The number of hydrogen-bond donors (Lipinski definition) is 0. The van der Waals surface area contributed by atoms with E-state index in [0.717, 1.165) is 16.8 Å². The molecule has 32 heavy (non-hydrogen) atoms. The zero-order valence-corrected chi connectivity index (χ0v) is 27.8. The third-order valence-electron chi connectivity index (χ3n) is 3.93. The second kappa shape index (κ2) is 11.4. The lowest BCUT2D eigenvalue weighted by atomic mass is 10.1. The van der Waals surface area contributed by atoms with Crippen LogP contribution in [0.2, 0.25) is 0 Å². The molecule has 0 unspecified atom stereocenters. The first-order chi connectivity index (χ1) is 14.9. The van der Waals surface area contributed by atoms with Crippen molar-refractivity contribution in [2.45, 2.75) is 0 Å². The van der Waals surface area contributed by atoms with Gasteiger partial charge in [0.25, 0.3) is 23.6 Å². The maximum Gasteiger partial charge on any atom is 0.272 e. The van der Waals surface area contributed by atoms with E-state index in [1.54, 1.807) is 12.1 Å². The Balaban J connectivity index is 0.000000211. The molecule has 0 aliphatic carbocycles. The molecule has 0 aromatic heterocycles. The molecule has 2 aliphatic rings. The Labute approximate surface area is 250 Å². The Kier molecular flexibility index (Phi) is 10.1. The SMILES string of the molecule is C=C.O=C1c2cc(Br)c(Br)c(Br)c2C(=O)N1Br.O=C1c2cc(Br)c(Br)c(Br)c2C(=O)N1Br. The minimum atomic E-state index is -0.366. The first-order valence-electron chi connectivity index (χ1n) is 7.84. The van der Waals surface area contributed by atoms with Gasteiger partial charge in [0.15, 0.2) is 0 Å². The summed E-state index contributed by atoms with van der Waals surface area (Å²) in [4.78, 5) is 46.6. The average Bonchev–Trinajstić information content (AvgIpc) is 3.12. The van der Waals surface area contributed by atoms with Crippen LogP contribution >= 0.6 is 128 Å². The fourth-order valence-corrected chi connectivity index (χ4v) is 6.48. The molecular formula is C18H6Br8N2O4. The van der Waals surface area contributed by atoms with Gasteiger partial charge in [0.2, 0.25) is 0 Å². The maximum absolute atomic E-state index is 11.7. The summed E-state index contributed by atoms with van der Waals surface area (Å²) >= 11 is 25.6. The molecular weight excluding hydrogens is 947 g/mol. The number of carbonyl (C=O) groups is 4. The van der Waals surface area contributed by atoms with Crippen molar-refractivity contribution < 1.29 is 19.2 Å². The first kappa shape index (κ1) is 28.5. The predicted molar refractivity (Wildman–Crippen MR) is 149 cm³/mol. The Bertz CT molecular complexity index is 1110. The van der Waals surface area contributed by atoms with E-state index >= 15 is 0 Å². The van der Waals surface area contributed by atoms with Crippen molar-refractivity contribution in [1.29, 1.82) is 0 Å². The van der Waals surface area contributed by atoms with Crippen LogP contribution in [0, 0.1) is 0 Å². The standard InChI is InChI=1S/2C8HBr4NO2.C2H4/c2*9-3-1-2-4(6(11)5(3)10)8(15)13(12)7(2)14;1-2/h2*1H;1-2H2. The van der Waals surface area contributed by atoms with Gasteiger partial charge in [-0.15, -0.1) is 13.2 Å². The second-order valence-electron chi connectivity index (χ2n) is 5.60. The number of rotatable bonds is 0. The van der Waals surface area contributed by atoms with Gasteiger partial charge < -0.3 is 0 Å². The van der Waals surface area contributed by atoms with Crippen LogP contribution in [0.4, 0.5) is 0 Å². The largest absolute Gasteiger partial charge is 0.272 e. The summed E-state index contributed by atoms with van der Waals surface area (Å²) < 4.78 is 5.85. The van der Waals surface area contributed by atoms with Crippen molar-refractivity contribution >= 4 is 152 Å². The topological polar surface area (TPSA) is 74.8 Å². The van der Waals surface area contributed by atoms with Crippen molar-refractivity contribution in [3.63, 3.8) is 0 Å². The summed E-state index contributed by atoms with van der Waals surface area (Å²) in [6.07, 6.45) is 0. The van der Waals surface area contributed by atoms with E-state index < -0.39 is 0 Å². The fourth-order valence-electron chi connectivity index (χ4n) is 2.54. The Morgan fingerprint density at radius 2 is 0.812 bits per heavy atom. The maximum atomic E-state index is 11.7. The molecule has 168 valence electrons. The molecule has 6 nitrogen and oxygen atoms in total. The molecule has 2 aromatic rings. The number of hydrogen-bond acceptors (Lipinski definition) is 4. The fraction of sp³-hybridized carbons (Fsp3) is 0. The van der Waals surface area contributed by atoms with Crippen molar-refractivity contribution in [2.24, 2.45) is 0 Å². The lowest BCUT2D eigenvalue weighted by Crippen LogP contribution is -2.17. The third-order valence-corrected chi connectivity index (χ3v) is 11.8. The average molecular weight is 953 g/mol. The number of carbonyl (C=O) groups excluding carboxylic acids is 4. The number of imide groups is 2.